The Hall–Kier alpha value is -1.80. The van der Waals surface area contributed by atoms with E-state index in [9.17, 15) is 18.3 Å². The summed E-state index contributed by atoms with van der Waals surface area (Å²) in [6.07, 6.45) is -1.90. The molecule has 1 aliphatic carbocycles. The van der Waals surface area contributed by atoms with Gasteiger partial charge in [-0.2, -0.15) is 13.2 Å². The molecule has 164 valence electrons. The first kappa shape index (κ1) is 23.5. The third-order valence-corrected chi connectivity index (χ3v) is 5.85. The first-order valence-corrected chi connectivity index (χ1v) is 9.83. The van der Waals surface area contributed by atoms with Gasteiger partial charge < -0.3 is 19.5 Å². The Morgan fingerprint density at radius 1 is 1.21 bits per heavy atom. The predicted octanol–water partition coefficient (Wildman–Crippen LogP) is 4.57. The zero-order chi connectivity index (χ0) is 21.8. The smallest absolute Gasteiger partial charge is 0.421 e. The Labute approximate surface area is 170 Å². The molecule has 2 rings (SSSR count). The van der Waals surface area contributed by atoms with Gasteiger partial charge in [0.25, 0.3) is 0 Å². The molecule has 1 aromatic rings. The van der Waals surface area contributed by atoms with Crippen molar-refractivity contribution in [2.45, 2.75) is 57.4 Å². The van der Waals surface area contributed by atoms with Gasteiger partial charge in [-0.05, 0) is 51.2 Å². The number of ether oxygens (including phenoxy) is 2. The number of hydrogen-bond donors (Lipinski definition) is 1. The second kappa shape index (κ2) is 9.34. The van der Waals surface area contributed by atoms with E-state index >= 15 is 0 Å². The van der Waals surface area contributed by atoms with E-state index in [2.05, 4.69) is 4.99 Å². The van der Waals surface area contributed by atoms with Gasteiger partial charge in [0, 0.05) is 38.2 Å². The lowest BCUT2D eigenvalue weighted by molar-refractivity contribution is -0.291. The van der Waals surface area contributed by atoms with Crippen LogP contribution in [0.2, 0.25) is 0 Å². The van der Waals surface area contributed by atoms with Crippen LogP contribution in [0.3, 0.4) is 0 Å². The first-order chi connectivity index (χ1) is 13.6. The van der Waals surface area contributed by atoms with Gasteiger partial charge in [-0.3, -0.25) is 0 Å². The fourth-order valence-corrected chi connectivity index (χ4v) is 3.85. The number of aliphatic imine (C=N–C) groups is 1. The molecule has 0 aliphatic heterocycles. The maximum atomic E-state index is 14.2. The molecule has 0 radical (unpaired) electrons. The molecule has 29 heavy (non-hydrogen) atoms. The van der Waals surface area contributed by atoms with Crippen molar-refractivity contribution < 1.29 is 27.8 Å². The second-order valence-electron chi connectivity index (χ2n) is 7.63. The first-order valence-electron chi connectivity index (χ1n) is 9.83. The van der Waals surface area contributed by atoms with Crippen LogP contribution in [-0.4, -0.2) is 56.4 Å². The molecule has 8 heteroatoms. The van der Waals surface area contributed by atoms with Crippen molar-refractivity contribution in [3.63, 3.8) is 0 Å². The summed E-state index contributed by atoms with van der Waals surface area (Å²) in [6, 6.07) is 2.81. The second-order valence-corrected chi connectivity index (χ2v) is 7.63. The van der Waals surface area contributed by atoms with E-state index in [1.54, 1.807) is 20.4 Å². The van der Waals surface area contributed by atoms with Crippen LogP contribution >= 0.6 is 0 Å². The Kier molecular flexibility index (Phi) is 7.56. The molecule has 1 saturated carbocycles. The number of rotatable bonds is 7. The van der Waals surface area contributed by atoms with E-state index in [0.717, 1.165) is 6.54 Å². The number of benzene rings is 1. The third kappa shape index (κ3) is 4.86. The average molecular weight is 416 g/mol. The van der Waals surface area contributed by atoms with Crippen molar-refractivity contribution in [3.05, 3.63) is 23.3 Å². The van der Waals surface area contributed by atoms with E-state index < -0.39 is 17.7 Å². The van der Waals surface area contributed by atoms with E-state index in [1.807, 2.05) is 18.9 Å². The van der Waals surface area contributed by atoms with Crippen LogP contribution in [0.25, 0.3) is 0 Å². The average Bonchev–Trinajstić information content (AvgIpc) is 2.70. The quantitative estimate of drug-likeness (QED) is 0.523. The Morgan fingerprint density at radius 2 is 1.83 bits per heavy atom. The summed E-state index contributed by atoms with van der Waals surface area (Å²) in [5, 5.41) is 11.1. The van der Waals surface area contributed by atoms with E-state index in [4.69, 9.17) is 9.47 Å². The van der Waals surface area contributed by atoms with Gasteiger partial charge in [0.15, 0.2) is 5.60 Å². The number of nitrogens with zero attached hydrogens (tertiary/aromatic N) is 2. The molecule has 1 fully saturated rings. The van der Waals surface area contributed by atoms with Crippen LogP contribution in [0.5, 0.6) is 5.75 Å². The molecule has 1 unspecified atom stereocenters. The van der Waals surface area contributed by atoms with Gasteiger partial charge in [0.05, 0.1) is 25.2 Å². The molecule has 5 nitrogen and oxygen atoms in total. The SMILES string of the molecule is CCN(C)/C=N/c1cc(OC)c(C(O)(C2CCC(OC)CC2)C(F)(F)F)cc1C. The summed E-state index contributed by atoms with van der Waals surface area (Å²) in [5.41, 5.74) is -2.22. The fraction of sp³-hybridized carbons (Fsp3) is 0.667. The molecule has 1 aromatic carbocycles. The highest BCUT2D eigenvalue weighted by Gasteiger charge is 2.61. The van der Waals surface area contributed by atoms with Crippen molar-refractivity contribution >= 4 is 12.0 Å². The van der Waals surface area contributed by atoms with Crippen molar-refractivity contribution in [1.29, 1.82) is 0 Å². The largest absolute Gasteiger partial charge is 0.496 e. The van der Waals surface area contributed by atoms with E-state index in [1.165, 1.54) is 19.2 Å². The zero-order valence-corrected chi connectivity index (χ0v) is 17.7. The highest BCUT2D eigenvalue weighted by molar-refractivity contribution is 5.65. The van der Waals surface area contributed by atoms with Crippen LogP contribution in [0.15, 0.2) is 17.1 Å². The molecular weight excluding hydrogens is 385 g/mol. The van der Waals surface area contributed by atoms with Gasteiger partial charge in [-0.1, -0.05) is 0 Å². The van der Waals surface area contributed by atoms with Gasteiger partial charge in [0.2, 0.25) is 0 Å². The van der Waals surface area contributed by atoms with Crippen LogP contribution in [-0.2, 0) is 10.3 Å². The summed E-state index contributed by atoms with van der Waals surface area (Å²) in [4.78, 5) is 6.19. The Balaban J connectivity index is 2.51. The molecule has 0 heterocycles. The Bertz CT molecular complexity index is 716. The summed E-state index contributed by atoms with van der Waals surface area (Å²) in [5.74, 6) is -0.988. The number of aliphatic hydroxyl groups is 1. The van der Waals surface area contributed by atoms with Crippen LogP contribution in [0.4, 0.5) is 18.9 Å². The van der Waals surface area contributed by atoms with Crippen molar-refractivity contribution in [2.75, 3.05) is 27.8 Å². The molecule has 0 saturated heterocycles. The summed E-state index contributed by atoms with van der Waals surface area (Å²) < 4.78 is 53.2. The summed E-state index contributed by atoms with van der Waals surface area (Å²) >= 11 is 0. The van der Waals surface area contributed by atoms with Gasteiger partial charge in [0.1, 0.15) is 5.75 Å². The third-order valence-electron chi connectivity index (χ3n) is 5.85. The monoisotopic (exact) mass is 416 g/mol. The number of hydrogen-bond acceptors (Lipinski definition) is 4. The number of aryl methyl sites for hydroxylation is 1. The molecule has 1 atom stereocenters. The minimum absolute atomic E-state index is 0.0180. The molecule has 1 aliphatic rings. The highest BCUT2D eigenvalue weighted by atomic mass is 19.4. The highest BCUT2D eigenvalue weighted by Crippen LogP contribution is 2.52. The van der Waals surface area contributed by atoms with E-state index in [-0.39, 0.29) is 30.3 Å². The standard InChI is InChI=1S/C21H31F3N2O3/c1-6-26(3)13-25-18-12-19(29-5)17(11-14(18)2)20(27,21(22,23)24)15-7-9-16(28-4)10-8-15/h11-13,15-16,27H,6-10H2,1-5H3/b25-13+. The topological polar surface area (TPSA) is 54.3 Å². The van der Waals surface area contributed by atoms with Crippen LogP contribution in [0.1, 0.15) is 43.7 Å². The van der Waals surface area contributed by atoms with E-state index in [0.29, 0.717) is 24.1 Å². The molecule has 1 N–H and O–H groups in total. The minimum atomic E-state index is -4.84. The lowest BCUT2D eigenvalue weighted by atomic mass is 9.71. The maximum absolute atomic E-state index is 14.2. The van der Waals surface area contributed by atoms with Crippen molar-refractivity contribution in [3.8, 4) is 5.75 Å². The predicted molar refractivity (Wildman–Crippen MR) is 107 cm³/mol. The molecule has 0 amide bonds. The van der Waals surface area contributed by atoms with Crippen molar-refractivity contribution in [1.82, 2.24) is 4.90 Å². The number of alkyl halides is 3. The lowest BCUT2D eigenvalue weighted by Crippen LogP contribution is -2.50. The number of halogens is 3. The summed E-state index contributed by atoms with van der Waals surface area (Å²) in [6.45, 7) is 4.39. The fourth-order valence-electron chi connectivity index (χ4n) is 3.85. The maximum Gasteiger partial charge on any atom is 0.421 e. The van der Waals surface area contributed by atoms with Gasteiger partial charge in [-0.15, -0.1) is 0 Å². The van der Waals surface area contributed by atoms with Crippen LogP contribution in [0, 0.1) is 12.8 Å². The van der Waals surface area contributed by atoms with Crippen molar-refractivity contribution in [2.24, 2.45) is 10.9 Å². The summed E-state index contributed by atoms with van der Waals surface area (Å²) in [7, 11) is 4.71. The normalized spacial score (nSPS) is 22.5. The molecule has 0 bridgehead atoms. The lowest BCUT2D eigenvalue weighted by Gasteiger charge is -2.42. The Morgan fingerprint density at radius 3 is 2.31 bits per heavy atom. The molecule has 0 aromatic heterocycles. The minimum Gasteiger partial charge on any atom is -0.496 e. The number of methoxy groups -OCH3 is 2. The van der Waals surface area contributed by atoms with Gasteiger partial charge in [-0.25, -0.2) is 4.99 Å². The molecular formula is C21H31F3N2O3. The van der Waals surface area contributed by atoms with Crippen LogP contribution < -0.4 is 4.74 Å². The van der Waals surface area contributed by atoms with Gasteiger partial charge >= 0.3 is 6.18 Å². The molecule has 0 spiro atoms. The zero-order valence-electron chi connectivity index (χ0n) is 17.7.